The summed E-state index contributed by atoms with van der Waals surface area (Å²) < 4.78 is 176. The molecule has 0 aliphatic carbocycles. The molecule has 4 aliphatic heterocycles. The van der Waals surface area contributed by atoms with Gasteiger partial charge in [-0.05, 0) is 86.0 Å². The van der Waals surface area contributed by atoms with Gasteiger partial charge in [-0.15, -0.1) is 0 Å². The number of esters is 10. The number of halogens is 8. The second-order valence-electron chi connectivity index (χ2n) is 25.9. The second-order valence-corrected chi connectivity index (χ2v) is 25.9. The molecule has 4 heterocycles. The smallest absolute Gasteiger partial charge is 0.401 e. The Morgan fingerprint density at radius 3 is 1.26 bits per heavy atom. The van der Waals surface area contributed by atoms with Crippen molar-refractivity contribution in [2.75, 3.05) is 13.2 Å². The highest BCUT2D eigenvalue weighted by atomic mass is 19.3. The van der Waals surface area contributed by atoms with Gasteiger partial charge in [-0.2, -0.15) is 35.1 Å². The summed E-state index contributed by atoms with van der Waals surface area (Å²) in [4.78, 5) is 171. The largest absolute Gasteiger partial charge is 0.463 e. The molecule has 3 amide bonds. The minimum absolute atomic E-state index is 0.0646. The highest BCUT2D eigenvalue weighted by Gasteiger charge is 2.61. The van der Waals surface area contributed by atoms with Gasteiger partial charge in [-0.1, -0.05) is 55.4 Å². The highest BCUT2D eigenvalue weighted by molar-refractivity contribution is 5.91. The van der Waals surface area contributed by atoms with E-state index < -0.39 is 223 Å². The topological polar surface area (TPSA) is 590 Å². The van der Waals surface area contributed by atoms with Crippen LogP contribution in [0.2, 0.25) is 0 Å². The molecule has 3 N–H and O–H groups in total. The van der Waals surface area contributed by atoms with Gasteiger partial charge >= 0.3 is 89.7 Å². The number of nitrogens with zero attached hydrogens (tertiary/aromatic N) is 12. The lowest BCUT2D eigenvalue weighted by Gasteiger charge is -2.48. The van der Waals surface area contributed by atoms with Gasteiger partial charge in [-0.3, -0.25) is 62.3 Å². The van der Waals surface area contributed by atoms with E-state index in [1.54, 1.807) is 34.6 Å². The van der Waals surface area contributed by atoms with E-state index in [2.05, 4.69) is 35.8 Å². The first-order valence-electron chi connectivity index (χ1n) is 34.0. The fraction of sp³-hybridized carbons (Fsp3) is 0.778. The molecule has 0 aromatic heterocycles. The van der Waals surface area contributed by atoms with E-state index in [4.69, 9.17) is 79.0 Å². The summed E-state index contributed by atoms with van der Waals surface area (Å²) in [5.74, 6) is -22.9. The maximum absolute atomic E-state index is 14.1. The monoisotopic (exact) mass is 1640 g/mol. The van der Waals surface area contributed by atoms with E-state index >= 15 is 0 Å². The van der Waals surface area contributed by atoms with Crippen LogP contribution in [-0.4, -0.2) is 206 Å². The van der Waals surface area contributed by atoms with Gasteiger partial charge in [0.1, 0.15) is 37.6 Å². The number of carbonyl (C=O) groups is 14. The van der Waals surface area contributed by atoms with Gasteiger partial charge in [0.05, 0.1) is 49.0 Å². The Morgan fingerprint density at radius 2 is 0.885 bits per heavy atom. The molecule has 0 radical (unpaired) electrons. The number of Topliss-reactive ketones (excluding diaryl/α,β-unsaturated/α-hetero) is 1. The summed E-state index contributed by atoms with van der Waals surface area (Å²) in [5.41, 5.74) is 32.7. The number of nitrogens with one attached hydrogen (secondary N) is 3. The van der Waals surface area contributed by atoms with Gasteiger partial charge in [-0.25, -0.2) is 4.79 Å². The minimum atomic E-state index is -4.48. The van der Waals surface area contributed by atoms with Crippen LogP contribution < -0.4 is 16.0 Å². The van der Waals surface area contributed by atoms with Crippen LogP contribution >= 0.6 is 0 Å². The lowest BCUT2D eigenvalue weighted by molar-refractivity contribution is -0.304. The van der Waals surface area contributed by atoms with Crippen molar-refractivity contribution in [3.8, 4) is 0 Å². The number of amides is 3. The molecule has 4 saturated heterocycles. The van der Waals surface area contributed by atoms with Crippen molar-refractivity contribution in [1.82, 2.24) is 16.0 Å². The van der Waals surface area contributed by atoms with Crippen LogP contribution in [0.15, 0.2) is 20.5 Å². The van der Waals surface area contributed by atoms with E-state index in [1.165, 1.54) is 27.7 Å². The molecule has 4 rings (SSSR count). The number of hydrogen-bond acceptors (Lipinski definition) is 31. The fourth-order valence-corrected chi connectivity index (χ4v) is 11.9. The van der Waals surface area contributed by atoms with Gasteiger partial charge in [0.15, 0.2) is 0 Å². The van der Waals surface area contributed by atoms with E-state index in [-0.39, 0.29) is 43.5 Å². The molecule has 10 unspecified atom stereocenters. The number of hydrogen-bond donors (Lipinski definition) is 3. The van der Waals surface area contributed by atoms with Crippen molar-refractivity contribution in [3.63, 3.8) is 0 Å². The van der Waals surface area contributed by atoms with Crippen LogP contribution in [0.5, 0.6) is 0 Å². The Balaban J connectivity index is 0.000000768. The normalized spacial score (nSPS) is 27.7. The molecule has 0 spiro atoms. The predicted octanol–water partition coefficient (Wildman–Crippen LogP) is 7.65. The zero-order valence-corrected chi connectivity index (χ0v) is 64.2. The summed E-state index contributed by atoms with van der Waals surface area (Å²) in [6.45, 7) is 24.2. The molecule has 4 fully saturated rings. The molecule has 50 heteroatoms. The number of alkyl halides is 8. The summed E-state index contributed by atoms with van der Waals surface area (Å²) >= 11 is 0. The molecular formula is C63H89F8N15O27. The van der Waals surface area contributed by atoms with Gasteiger partial charge in [0.25, 0.3) is 17.7 Å². The molecule has 21 atom stereocenters. The molecule has 0 bridgehead atoms. The summed E-state index contributed by atoms with van der Waals surface area (Å²) in [6, 6.07) is -20.4. The zero-order valence-electron chi connectivity index (χ0n) is 64.2. The lowest BCUT2D eigenvalue weighted by Crippen LogP contribution is -2.62. The van der Waals surface area contributed by atoms with E-state index in [0.717, 1.165) is 48.5 Å². The van der Waals surface area contributed by atoms with Crippen LogP contribution in [-0.2, 0) is 129 Å². The second kappa shape index (κ2) is 44.7. The Bertz CT molecular complexity index is 3640. The average molecular weight is 1640 g/mol. The van der Waals surface area contributed by atoms with Gasteiger partial charge in [0.2, 0.25) is 18.4 Å². The molecule has 0 saturated carbocycles. The molecule has 0 aromatic rings. The first-order valence-corrected chi connectivity index (χ1v) is 34.0. The first-order chi connectivity index (χ1) is 52.1. The van der Waals surface area contributed by atoms with Crippen molar-refractivity contribution in [3.05, 3.63) is 41.8 Å². The molecule has 4 aliphatic rings. The standard InChI is InChI=1S/C22H29F2N3O11.2C14H20F2N4O6.C13H20F2N4O4/c1-7-16(34-11(3)28)10(2)19-15(8-18(32)22(23,24)26-27-25)17(35-12(4)29)9-21(38-19,37-14(6)31)20(33)36-13(5)30;1-6-11(18-13(23)14(15,16)19-20-17)7(2)25-10(5-24-8(3)21)12(6)26-9(4)22;1-6-7(2)11(18-13(23)14(15,16)19-20-17)12(25-9(4)22)26-10(6)5-24-8(3)21;1-5-9-6(2)7(3)10(11(23-9)22-8(4)20)17-12(21)13(14,15)18-19-16/h10,15-17,19H,7-9H2,1-6H3;2*6-7,10-12H,5H2,1-4H3,(H,18,23);6-7,9-11H,5H2,1-4H3,(H,17,21)/t10-,15-,16-,17-,19?,21-;6-,7?,10?,11?,12-;6-,7-,10?,11?,12?;6-,7-,9?,10?,11?/m1100/s1. The van der Waals surface area contributed by atoms with E-state index in [9.17, 15) is 102 Å². The molecular weight excluding hydrogens is 1550 g/mol. The first kappa shape index (κ1) is 101. The minimum Gasteiger partial charge on any atom is -0.463 e. The maximum atomic E-state index is 14.1. The van der Waals surface area contributed by atoms with Crippen molar-refractivity contribution < 1.29 is 164 Å². The third-order valence-corrected chi connectivity index (χ3v) is 17.5. The quantitative estimate of drug-likeness (QED) is 0.00989. The van der Waals surface area contributed by atoms with Crippen LogP contribution in [0.1, 0.15) is 150 Å². The average Bonchev–Trinajstić information content (AvgIpc) is 0.747. The summed E-state index contributed by atoms with van der Waals surface area (Å²) in [7, 11) is 0. The van der Waals surface area contributed by atoms with Gasteiger partial charge < -0.3 is 77.5 Å². The van der Waals surface area contributed by atoms with Crippen LogP contribution in [0.25, 0.3) is 41.8 Å². The molecule has 42 nitrogen and oxygen atoms in total. The Morgan fingerprint density at radius 1 is 0.487 bits per heavy atom. The Hall–Kier alpha value is -10.5. The molecule has 113 heavy (non-hydrogen) atoms. The zero-order chi connectivity index (χ0) is 87.3. The SMILES string of the molecule is CC(=O)OCC1OC(C)C(NC(=O)C(F)(F)N=[N+]=[N-])[C@@H](C)[C@H]1OC(C)=O.CC(=O)OCC1OC(OC(C)=O)C(NC(=O)C(F)(F)N=[N+]=[N-])[C@@H](C)[C@@H]1C.CCC1OC(OC(C)=O)C(NC(=O)C(F)(F)N=[N+]=[N-])[C@@H](C)[C@@H]1C.CC[C@@H](OC(C)=O)[C@@H](C)C1O[C@@](OC(C)=O)(C(=O)OC(C)=O)C[C@@H](OC(C)=O)[C@H]1CC(=O)C(F)(F)N=[N+]=[N-]. The molecule has 0 aromatic carbocycles. The van der Waals surface area contributed by atoms with Crippen molar-refractivity contribution in [2.24, 2.45) is 61.9 Å². The highest BCUT2D eigenvalue weighted by Crippen LogP contribution is 2.44. The summed E-state index contributed by atoms with van der Waals surface area (Å²) in [5, 5.41) is 14.8. The maximum Gasteiger partial charge on any atom is 0.401 e. The van der Waals surface area contributed by atoms with Crippen molar-refractivity contribution in [1.29, 1.82) is 0 Å². The number of azide groups is 4. The fourth-order valence-electron chi connectivity index (χ4n) is 11.9. The lowest BCUT2D eigenvalue weighted by atomic mass is 9.76. The van der Waals surface area contributed by atoms with Crippen molar-refractivity contribution >= 4 is 83.2 Å². The Labute approximate surface area is 638 Å². The van der Waals surface area contributed by atoms with Crippen molar-refractivity contribution in [2.45, 2.75) is 260 Å². The van der Waals surface area contributed by atoms with E-state index in [0.29, 0.717) is 6.42 Å². The van der Waals surface area contributed by atoms with Crippen LogP contribution in [0.4, 0.5) is 35.1 Å². The third kappa shape index (κ3) is 30.8. The molecule has 634 valence electrons. The summed E-state index contributed by atoms with van der Waals surface area (Å²) in [6.07, 6.45) is -11.4. The number of ether oxygens (including phenoxy) is 13. The van der Waals surface area contributed by atoms with Gasteiger partial charge in [0, 0.05) is 106 Å². The number of carbonyl (C=O) groups excluding carboxylic acids is 14. The van der Waals surface area contributed by atoms with E-state index in [1.807, 2.05) is 38.8 Å². The Kier molecular flexibility index (Phi) is 39.7. The third-order valence-electron chi connectivity index (χ3n) is 17.5. The predicted molar refractivity (Wildman–Crippen MR) is 357 cm³/mol. The number of ketones is 1. The van der Waals surface area contributed by atoms with Crippen LogP contribution in [0, 0.1) is 41.4 Å². The number of rotatable bonds is 28. The van der Waals surface area contributed by atoms with Crippen LogP contribution in [0.3, 0.4) is 0 Å².